The SMILES string of the molecule is CC1CN(Cc2cc(Cl)ccc2CC(=O)O)CCN1C(=O)Cc1ccccc1. The molecule has 1 amide bonds. The van der Waals surface area contributed by atoms with Gasteiger partial charge in [0.2, 0.25) is 5.91 Å². The van der Waals surface area contributed by atoms with Crippen molar-refractivity contribution in [1.82, 2.24) is 9.80 Å². The molecule has 5 nitrogen and oxygen atoms in total. The molecule has 0 saturated carbocycles. The third kappa shape index (κ3) is 5.33. The van der Waals surface area contributed by atoms with Crippen LogP contribution in [0.25, 0.3) is 0 Å². The second-order valence-electron chi connectivity index (χ2n) is 7.32. The first-order valence-corrected chi connectivity index (χ1v) is 9.85. The number of hydrogen-bond acceptors (Lipinski definition) is 3. The van der Waals surface area contributed by atoms with Crippen LogP contribution in [0, 0.1) is 0 Å². The van der Waals surface area contributed by atoms with Gasteiger partial charge in [0, 0.05) is 37.2 Å². The summed E-state index contributed by atoms with van der Waals surface area (Å²) in [6.07, 6.45) is 0.403. The molecule has 1 N–H and O–H groups in total. The van der Waals surface area contributed by atoms with E-state index in [0.717, 1.165) is 29.8 Å². The minimum Gasteiger partial charge on any atom is -0.481 e. The Morgan fingerprint density at radius 3 is 2.50 bits per heavy atom. The van der Waals surface area contributed by atoms with Crippen LogP contribution >= 0.6 is 11.6 Å². The number of piperazine rings is 1. The summed E-state index contributed by atoms with van der Waals surface area (Å²) in [5.41, 5.74) is 2.75. The maximum Gasteiger partial charge on any atom is 0.307 e. The summed E-state index contributed by atoms with van der Waals surface area (Å²) in [5.74, 6) is -0.707. The van der Waals surface area contributed by atoms with Crippen LogP contribution in [0.3, 0.4) is 0 Å². The largest absolute Gasteiger partial charge is 0.481 e. The highest BCUT2D eigenvalue weighted by Crippen LogP contribution is 2.21. The van der Waals surface area contributed by atoms with E-state index in [-0.39, 0.29) is 18.4 Å². The van der Waals surface area contributed by atoms with Gasteiger partial charge < -0.3 is 10.0 Å². The predicted molar refractivity (Wildman–Crippen MR) is 109 cm³/mol. The number of rotatable bonds is 6. The number of carbonyl (C=O) groups is 2. The van der Waals surface area contributed by atoms with Gasteiger partial charge in [0.15, 0.2) is 0 Å². The minimum atomic E-state index is -0.853. The van der Waals surface area contributed by atoms with Gasteiger partial charge in [-0.25, -0.2) is 0 Å². The number of aliphatic carboxylic acids is 1. The molecule has 0 spiro atoms. The van der Waals surface area contributed by atoms with Gasteiger partial charge in [0.1, 0.15) is 0 Å². The molecule has 0 bridgehead atoms. The minimum absolute atomic E-state index is 0.0163. The summed E-state index contributed by atoms with van der Waals surface area (Å²) >= 11 is 6.12. The molecule has 0 aliphatic carbocycles. The summed E-state index contributed by atoms with van der Waals surface area (Å²) in [6.45, 7) is 4.87. The molecule has 0 aromatic heterocycles. The molecular formula is C22H25ClN2O3. The lowest BCUT2D eigenvalue weighted by Crippen LogP contribution is -2.54. The van der Waals surface area contributed by atoms with Crippen LogP contribution in [0.4, 0.5) is 0 Å². The number of hydrogen-bond donors (Lipinski definition) is 1. The van der Waals surface area contributed by atoms with Crippen molar-refractivity contribution in [1.29, 1.82) is 0 Å². The normalized spacial score (nSPS) is 17.5. The van der Waals surface area contributed by atoms with E-state index in [2.05, 4.69) is 11.8 Å². The standard InChI is InChI=1S/C22H25ClN2O3/c1-16-14-24(15-19-12-20(23)8-7-18(19)13-22(27)28)9-10-25(16)21(26)11-17-5-3-2-4-6-17/h2-8,12,16H,9-11,13-15H2,1H3,(H,27,28). The average molecular weight is 401 g/mol. The van der Waals surface area contributed by atoms with Crippen LogP contribution in [-0.2, 0) is 29.0 Å². The van der Waals surface area contributed by atoms with E-state index in [4.69, 9.17) is 16.7 Å². The Kier molecular flexibility index (Phi) is 6.70. The molecule has 1 unspecified atom stereocenters. The molecule has 2 aromatic carbocycles. The number of halogens is 1. The van der Waals surface area contributed by atoms with E-state index in [1.54, 1.807) is 12.1 Å². The van der Waals surface area contributed by atoms with Crippen LogP contribution in [0.15, 0.2) is 48.5 Å². The number of carboxylic acid groups (broad SMARTS) is 1. The number of nitrogens with zero attached hydrogens (tertiary/aromatic N) is 2. The molecule has 6 heteroatoms. The van der Waals surface area contributed by atoms with Crippen molar-refractivity contribution in [2.24, 2.45) is 0 Å². The van der Waals surface area contributed by atoms with Gasteiger partial charge in [-0.2, -0.15) is 0 Å². The fraction of sp³-hybridized carbons (Fsp3) is 0.364. The van der Waals surface area contributed by atoms with Crippen molar-refractivity contribution >= 4 is 23.5 Å². The van der Waals surface area contributed by atoms with Gasteiger partial charge in [-0.1, -0.05) is 48.0 Å². The molecule has 1 aliphatic rings. The molecule has 1 fully saturated rings. The van der Waals surface area contributed by atoms with E-state index >= 15 is 0 Å². The van der Waals surface area contributed by atoms with Crippen molar-refractivity contribution in [2.45, 2.75) is 32.4 Å². The lowest BCUT2D eigenvalue weighted by molar-refractivity contribution is -0.136. The highest BCUT2D eigenvalue weighted by Gasteiger charge is 2.27. The first-order valence-electron chi connectivity index (χ1n) is 9.47. The quantitative estimate of drug-likeness (QED) is 0.808. The summed E-state index contributed by atoms with van der Waals surface area (Å²) in [7, 11) is 0. The lowest BCUT2D eigenvalue weighted by Gasteiger charge is -2.40. The lowest BCUT2D eigenvalue weighted by atomic mass is 10.0. The van der Waals surface area contributed by atoms with E-state index in [1.165, 1.54) is 0 Å². The van der Waals surface area contributed by atoms with Crippen LogP contribution in [-0.4, -0.2) is 52.5 Å². The van der Waals surface area contributed by atoms with Crippen molar-refractivity contribution in [3.05, 3.63) is 70.2 Å². The topological polar surface area (TPSA) is 60.9 Å². The summed E-state index contributed by atoms with van der Waals surface area (Å²) in [5, 5.41) is 9.74. The second-order valence-corrected chi connectivity index (χ2v) is 7.75. The first kappa shape index (κ1) is 20.4. The third-order valence-electron chi connectivity index (χ3n) is 5.13. The first-order chi connectivity index (χ1) is 13.4. The highest BCUT2D eigenvalue weighted by atomic mass is 35.5. The molecule has 1 aliphatic heterocycles. The molecule has 0 radical (unpaired) electrons. The van der Waals surface area contributed by atoms with Crippen molar-refractivity contribution < 1.29 is 14.7 Å². The average Bonchev–Trinajstić information content (AvgIpc) is 2.64. The Balaban J connectivity index is 1.62. The zero-order valence-electron chi connectivity index (χ0n) is 16.0. The molecule has 2 aromatic rings. The second kappa shape index (κ2) is 9.22. The van der Waals surface area contributed by atoms with Crippen molar-refractivity contribution in [2.75, 3.05) is 19.6 Å². The van der Waals surface area contributed by atoms with Crippen LogP contribution in [0.1, 0.15) is 23.6 Å². The smallest absolute Gasteiger partial charge is 0.307 e. The summed E-state index contributed by atoms with van der Waals surface area (Å²) < 4.78 is 0. The van der Waals surface area contributed by atoms with Gasteiger partial charge >= 0.3 is 5.97 Å². The zero-order valence-corrected chi connectivity index (χ0v) is 16.7. The number of benzene rings is 2. The fourth-order valence-electron chi connectivity index (χ4n) is 3.74. The van der Waals surface area contributed by atoms with E-state index in [9.17, 15) is 9.59 Å². The number of carboxylic acids is 1. The zero-order chi connectivity index (χ0) is 20.1. The van der Waals surface area contributed by atoms with E-state index < -0.39 is 5.97 Å². The Hall–Kier alpha value is -2.37. The predicted octanol–water partition coefficient (Wildman–Crippen LogP) is 3.24. The molecular weight excluding hydrogens is 376 g/mol. The molecule has 148 valence electrons. The molecule has 3 rings (SSSR count). The molecule has 1 heterocycles. The van der Waals surface area contributed by atoms with Gasteiger partial charge in [-0.05, 0) is 35.7 Å². The highest BCUT2D eigenvalue weighted by molar-refractivity contribution is 6.30. The van der Waals surface area contributed by atoms with E-state index in [0.29, 0.717) is 24.5 Å². The van der Waals surface area contributed by atoms with Gasteiger partial charge in [-0.3, -0.25) is 14.5 Å². The van der Waals surface area contributed by atoms with E-state index in [1.807, 2.05) is 41.3 Å². The Morgan fingerprint density at radius 1 is 1.07 bits per heavy atom. The Morgan fingerprint density at radius 2 is 1.82 bits per heavy atom. The third-order valence-corrected chi connectivity index (χ3v) is 5.37. The summed E-state index contributed by atoms with van der Waals surface area (Å²) in [6, 6.07) is 15.3. The fourth-order valence-corrected chi connectivity index (χ4v) is 3.93. The van der Waals surface area contributed by atoms with Crippen molar-refractivity contribution in [3.63, 3.8) is 0 Å². The van der Waals surface area contributed by atoms with Gasteiger partial charge in [-0.15, -0.1) is 0 Å². The molecule has 28 heavy (non-hydrogen) atoms. The van der Waals surface area contributed by atoms with Crippen LogP contribution in [0.2, 0.25) is 5.02 Å². The number of carbonyl (C=O) groups excluding carboxylic acids is 1. The monoisotopic (exact) mass is 400 g/mol. The maximum atomic E-state index is 12.7. The Labute approximate surface area is 170 Å². The molecule has 1 atom stereocenters. The van der Waals surface area contributed by atoms with Crippen molar-refractivity contribution in [3.8, 4) is 0 Å². The number of amides is 1. The van der Waals surface area contributed by atoms with Gasteiger partial charge in [0.25, 0.3) is 0 Å². The Bertz CT molecular complexity index is 841. The molecule has 1 saturated heterocycles. The summed E-state index contributed by atoms with van der Waals surface area (Å²) in [4.78, 5) is 28.0. The van der Waals surface area contributed by atoms with Crippen LogP contribution < -0.4 is 0 Å². The maximum absolute atomic E-state index is 12.7. The van der Waals surface area contributed by atoms with Gasteiger partial charge in [0.05, 0.1) is 12.8 Å². The van der Waals surface area contributed by atoms with Crippen LogP contribution in [0.5, 0.6) is 0 Å².